The smallest absolute Gasteiger partial charge is 0.193 e. The van der Waals surface area contributed by atoms with E-state index in [4.69, 9.17) is 0 Å². The van der Waals surface area contributed by atoms with Crippen molar-refractivity contribution in [2.75, 3.05) is 50.4 Å². The van der Waals surface area contributed by atoms with Gasteiger partial charge in [-0.1, -0.05) is 30.3 Å². The van der Waals surface area contributed by atoms with Gasteiger partial charge in [0, 0.05) is 50.4 Å². The molecule has 2 N–H and O–H groups in total. The average molecular weight is 498 g/mol. The quantitative estimate of drug-likeness (QED) is 0.217. The minimum absolute atomic E-state index is 0. The van der Waals surface area contributed by atoms with E-state index in [1.807, 2.05) is 43.1 Å². The highest BCUT2D eigenvalue weighted by atomic mass is 127. The van der Waals surface area contributed by atoms with Crippen LogP contribution in [0, 0.1) is 0 Å². The summed E-state index contributed by atoms with van der Waals surface area (Å²) in [7, 11) is 1.84. The topological polar surface area (TPSA) is 51.1 Å². The standard InChI is InChI=1S/C20H26N4OS.HI/c1-21-20(22-11-16-26-17-7-3-2-4-8-17)24-14-12-23(13-15-24)18-9-5-6-10-19(18)25;/h2-10,25H,11-16H2,1H3,(H,21,22);1H. The van der Waals surface area contributed by atoms with E-state index in [0.29, 0.717) is 5.75 Å². The van der Waals surface area contributed by atoms with Crippen molar-refractivity contribution >= 4 is 47.4 Å². The first-order valence-electron chi connectivity index (χ1n) is 8.94. The molecule has 3 rings (SSSR count). The van der Waals surface area contributed by atoms with Crippen molar-refractivity contribution in [3.05, 3.63) is 54.6 Å². The number of halogens is 1. The van der Waals surface area contributed by atoms with Gasteiger partial charge in [0.05, 0.1) is 5.69 Å². The highest BCUT2D eigenvalue weighted by Crippen LogP contribution is 2.27. The lowest BCUT2D eigenvalue weighted by Crippen LogP contribution is -2.52. The number of phenols is 1. The monoisotopic (exact) mass is 498 g/mol. The number of rotatable bonds is 5. The molecule has 0 aromatic heterocycles. The molecule has 5 nitrogen and oxygen atoms in total. The molecule has 0 saturated carbocycles. The zero-order valence-electron chi connectivity index (χ0n) is 15.5. The third kappa shape index (κ3) is 6.21. The number of aromatic hydroxyl groups is 1. The maximum atomic E-state index is 10.0. The summed E-state index contributed by atoms with van der Waals surface area (Å²) in [5.41, 5.74) is 0.911. The summed E-state index contributed by atoms with van der Waals surface area (Å²) in [6.45, 7) is 4.40. The number of hydrogen-bond donors (Lipinski definition) is 2. The third-order valence-electron chi connectivity index (χ3n) is 4.41. The number of thioether (sulfide) groups is 1. The Bertz CT molecular complexity index is 721. The van der Waals surface area contributed by atoms with Crippen LogP contribution in [-0.2, 0) is 0 Å². The first kappa shape index (κ1) is 21.7. The van der Waals surface area contributed by atoms with Gasteiger partial charge in [-0.25, -0.2) is 0 Å². The molecule has 0 aliphatic carbocycles. The number of piperazine rings is 1. The van der Waals surface area contributed by atoms with E-state index >= 15 is 0 Å². The van der Waals surface area contributed by atoms with E-state index in [1.54, 1.807) is 6.07 Å². The van der Waals surface area contributed by atoms with E-state index in [9.17, 15) is 5.11 Å². The Balaban J connectivity index is 0.00000261. The lowest BCUT2D eigenvalue weighted by molar-refractivity contribution is 0.371. The van der Waals surface area contributed by atoms with Crippen molar-refractivity contribution in [2.45, 2.75) is 4.90 Å². The van der Waals surface area contributed by atoms with E-state index in [-0.39, 0.29) is 24.0 Å². The molecule has 7 heteroatoms. The van der Waals surface area contributed by atoms with Gasteiger partial charge < -0.3 is 20.2 Å². The lowest BCUT2D eigenvalue weighted by atomic mass is 10.2. The molecule has 27 heavy (non-hydrogen) atoms. The number of aliphatic imine (C=N–C) groups is 1. The fourth-order valence-corrected chi connectivity index (χ4v) is 3.86. The SMILES string of the molecule is CN=C(NCCSc1ccccc1)N1CCN(c2ccccc2O)CC1.I. The molecule has 0 atom stereocenters. The number of phenolic OH excluding ortho intramolecular Hbond substituents is 1. The summed E-state index contributed by atoms with van der Waals surface area (Å²) < 4.78 is 0. The number of nitrogens with zero attached hydrogens (tertiary/aromatic N) is 3. The maximum Gasteiger partial charge on any atom is 0.193 e. The highest BCUT2D eigenvalue weighted by molar-refractivity contribution is 14.0. The number of nitrogens with one attached hydrogen (secondary N) is 1. The molecule has 0 unspecified atom stereocenters. The zero-order chi connectivity index (χ0) is 18.2. The first-order chi connectivity index (χ1) is 12.8. The van der Waals surface area contributed by atoms with Gasteiger partial charge in [-0.15, -0.1) is 35.7 Å². The molecule has 0 bridgehead atoms. The molecule has 0 radical (unpaired) electrons. The number of hydrogen-bond acceptors (Lipinski definition) is 4. The van der Waals surface area contributed by atoms with Crippen LogP contribution in [0.1, 0.15) is 0 Å². The van der Waals surface area contributed by atoms with Crippen LogP contribution < -0.4 is 10.2 Å². The van der Waals surface area contributed by atoms with E-state index in [1.165, 1.54) is 4.90 Å². The maximum absolute atomic E-state index is 10.0. The Morgan fingerprint density at radius 3 is 2.37 bits per heavy atom. The molecule has 0 spiro atoms. The highest BCUT2D eigenvalue weighted by Gasteiger charge is 2.21. The summed E-state index contributed by atoms with van der Waals surface area (Å²) in [6, 6.07) is 18.0. The van der Waals surface area contributed by atoms with Crippen LogP contribution >= 0.6 is 35.7 Å². The van der Waals surface area contributed by atoms with Crippen LogP contribution in [-0.4, -0.2) is 61.5 Å². The normalized spacial score (nSPS) is 14.6. The van der Waals surface area contributed by atoms with Crippen LogP contribution in [0.25, 0.3) is 0 Å². The predicted molar refractivity (Wildman–Crippen MR) is 126 cm³/mol. The molecule has 1 saturated heterocycles. The van der Waals surface area contributed by atoms with Crippen LogP contribution in [0.3, 0.4) is 0 Å². The van der Waals surface area contributed by atoms with Crippen LogP contribution in [0.15, 0.2) is 64.5 Å². The summed E-state index contributed by atoms with van der Waals surface area (Å²) in [4.78, 5) is 10.2. The van der Waals surface area contributed by atoms with E-state index in [0.717, 1.165) is 50.1 Å². The van der Waals surface area contributed by atoms with Gasteiger partial charge in [0.25, 0.3) is 0 Å². The van der Waals surface area contributed by atoms with Crippen LogP contribution in [0.2, 0.25) is 0 Å². The first-order valence-corrected chi connectivity index (χ1v) is 9.93. The Kier molecular flexibility index (Phi) is 9.06. The average Bonchev–Trinajstić information content (AvgIpc) is 2.70. The van der Waals surface area contributed by atoms with Gasteiger partial charge in [0.15, 0.2) is 5.96 Å². The minimum Gasteiger partial charge on any atom is -0.506 e. The summed E-state index contributed by atoms with van der Waals surface area (Å²) in [5, 5.41) is 13.5. The molecule has 2 aromatic rings. The van der Waals surface area contributed by atoms with E-state index in [2.05, 4.69) is 44.4 Å². The second-order valence-electron chi connectivity index (χ2n) is 6.10. The number of para-hydroxylation sites is 2. The Hall–Kier alpha value is -1.61. The number of guanidine groups is 1. The molecule has 1 heterocycles. The zero-order valence-corrected chi connectivity index (χ0v) is 18.7. The van der Waals surface area contributed by atoms with Gasteiger partial charge in [-0.05, 0) is 24.3 Å². The summed E-state index contributed by atoms with van der Waals surface area (Å²) in [5.74, 6) is 2.30. The second kappa shape index (κ2) is 11.3. The summed E-state index contributed by atoms with van der Waals surface area (Å²) >= 11 is 1.85. The minimum atomic E-state index is 0. The largest absolute Gasteiger partial charge is 0.506 e. The molecular formula is C20H27IN4OS. The van der Waals surface area contributed by atoms with Gasteiger partial charge in [0.2, 0.25) is 0 Å². The number of benzene rings is 2. The van der Waals surface area contributed by atoms with Crippen molar-refractivity contribution in [1.82, 2.24) is 10.2 Å². The van der Waals surface area contributed by atoms with E-state index < -0.39 is 0 Å². The number of anilines is 1. The van der Waals surface area contributed by atoms with Crippen molar-refractivity contribution < 1.29 is 5.11 Å². The fraction of sp³-hybridized carbons (Fsp3) is 0.350. The van der Waals surface area contributed by atoms with Crippen LogP contribution in [0.4, 0.5) is 5.69 Å². The Morgan fingerprint density at radius 1 is 1.04 bits per heavy atom. The molecule has 0 amide bonds. The Morgan fingerprint density at radius 2 is 1.70 bits per heavy atom. The molecule has 1 fully saturated rings. The van der Waals surface area contributed by atoms with Gasteiger partial charge in [-0.3, -0.25) is 4.99 Å². The van der Waals surface area contributed by atoms with Gasteiger partial charge in [-0.2, -0.15) is 0 Å². The van der Waals surface area contributed by atoms with Gasteiger partial charge >= 0.3 is 0 Å². The second-order valence-corrected chi connectivity index (χ2v) is 7.27. The Labute approximate surface area is 182 Å². The van der Waals surface area contributed by atoms with Gasteiger partial charge in [0.1, 0.15) is 5.75 Å². The molecular weight excluding hydrogens is 471 g/mol. The van der Waals surface area contributed by atoms with Crippen molar-refractivity contribution in [2.24, 2.45) is 4.99 Å². The fourth-order valence-electron chi connectivity index (χ4n) is 3.07. The predicted octanol–water partition coefficient (Wildman–Crippen LogP) is 3.50. The lowest BCUT2D eigenvalue weighted by Gasteiger charge is -2.37. The molecule has 1 aliphatic rings. The molecule has 2 aromatic carbocycles. The van der Waals surface area contributed by atoms with Crippen molar-refractivity contribution in [3.8, 4) is 5.75 Å². The van der Waals surface area contributed by atoms with Crippen LogP contribution in [0.5, 0.6) is 5.75 Å². The summed E-state index contributed by atoms with van der Waals surface area (Å²) in [6.07, 6.45) is 0. The molecule has 1 aliphatic heterocycles. The molecule has 146 valence electrons. The third-order valence-corrected chi connectivity index (χ3v) is 5.42. The van der Waals surface area contributed by atoms with Crippen molar-refractivity contribution in [3.63, 3.8) is 0 Å². The van der Waals surface area contributed by atoms with Crippen molar-refractivity contribution in [1.29, 1.82) is 0 Å².